The topological polar surface area (TPSA) is 21.3 Å². The first-order chi connectivity index (χ1) is 9.25. The maximum atomic E-state index is 13.0. The van der Waals surface area contributed by atoms with Gasteiger partial charge >= 0.3 is 0 Å². The molecule has 0 fully saturated rings. The Kier molecular flexibility index (Phi) is 6.15. The van der Waals surface area contributed by atoms with E-state index in [0.717, 1.165) is 12.0 Å². The van der Waals surface area contributed by atoms with Gasteiger partial charge in [-0.05, 0) is 50.8 Å². The maximum Gasteiger partial charge on any atom is 0.123 e. The van der Waals surface area contributed by atoms with Crippen LogP contribution in [-0.4, -0.2) is 18.8 Å². The van der Waals surface area contributed by atoms with Crippen LogP contribution in [0.1, 0.15) is 52.6 Å². The fourth-order valence-corrected chi connectivity index (χ4v) is 2.53. The fraction of sp³-hybridized carbons (Fsp3) is 0.647. The summed E-state index contributed by atoms with van der Waals surface area (Å²) in [6.45, 7) is 10.7. The first-order valence-electron chi connectivity index (χ1n) is 7.32. The van der Waals surface area contributed by atoms with Gasteiger partial charge in [0.25, 0.3) is 0 Å². The van der Waals surface area contributed by atoms with E-state index in [9.17, 15) is 4.39 Å². The molecule has 0 aliphatic heterocycles. The molecule has 2 unspecified atom stereocenters. The van der Waals surface area contributed by atoms with E-state index >= 15 is 0 Å². The van der Waals surface area contributed by atoms with Gasteiger partial charge in [-0.2, -0.15) is 0 Å². The molecule has 2 atom stereocenters. The van der Waals surface area contributed by atoms with Gasteiger partial charge in [0, 0.05) is 19.2 Å². The fourth-order valence-electron chi connectivity index (χ4n) is 2.53. The van der Waals surface area contributed by atoms with Gasteiger partial charge in [0.2, 0.25) is 0 Å². The largest absolute Gasteiger partial charge is 0.379 e. The van der Waals surface area contributed by atoms with Crippen LogP contribution in [0.15, 0.2) is 24.3 Å². The highest BCUT2D eigenvalue weighted by atomic mass is 19.1. The van der Waals surface area contributed by atoms with Crippen molar-refractivity contribution in [2.75, 3.05) is 7.11 Å². The highest BCUT2D eigenvalue weighted by molar-refractivity contribution is 5.20. The number of nitrogens with one attached hydrogen (secondary N) is 1. The molecule has 1 N–H and O–H groups in total. The van der Waals surface area contributed by atoms with E-state index in [4.69, 9.17) is 4.74 Å². The number of rotatable bonds is 7. The number of ether oxygens (including phenoxy) is 1. The van der Waals surface area contributed by atoms with Crippen molar-refractivity contribution < 1.29 is 9.13 Å². The molecule has 0 saturated heterocycles. The summed E-state index contributed by atoms with van der Waals surface area (Å²) in [5.74, 6) is 0.249. The Morgan fingerprint density at radius 3 is 2.15 bits per heavy atom. The van der Waals surface area contributed by atoms with Gasteiger partial charge in [-0.3, -0.25) is 0 Å². The molecule has 0 aliphatic rings. The van der Waals surface area contributed by atoms with Gasteiger partial charge in [-0.15, -0.1) is 0 Å². The Hall–Kier alpha value is -0.930. The summed E-state index contributed by atoms with van der Waals surface area (Å²) in [4.78, 5) is 0. The standard InChI is InChI=1S/C17H28FNO/c1-12(2)16(14-7-9-15(18)10-8-14)19-13(3)11-17(4,5)20-6/h7-10,12-13,16,19H,11H2,1-6H3. The average Bonchev–Trinajstić information content (AvgIpc) is 2.36. The summed E-state index contributed by atoms with van der Waals surface area (Å²) in [7, 11) is 1.74. The Labute approximate surface area is 122 Å². The lowest BCUT2D eigenvalue weighted by Gasteiger charge is -2.32. The van der Waals surface area contributed by atoms with Gasteiger partial charge in [-0.25, -0.2) is 4.39 Å². The van der Waals surface area contributed by atoms with Crippen LogP contribution in [0.4, 0.5) is 4.39 Å². The lowest BCUT2D eigenvalue weighted by atomic mass is 9.93. The average molecular weight is 281 g/mol. The zero-order valence-corrected chi connectivity index (χ0v) is 13.5. The number of benzene rings is 1. The van der Waals surface area contributed by atoms with Crippen LogP contribution in [0, 0.1) is 11.7 Å². The third-order valence-electron chi connectivity index (χ3n) is 3.71. The summed E-state index contributed by atoms with van der Waals surface area (Å²) in [5.41, 5.74) is 0.986. The summed E-state index contributed by atoms with van der Waals surface area (Å²) in [6, 6.07) is 7.31. The first kappa shape index (κ1) is 17.1. The molecule has 0 aromatic heterocycles. The van der Waals surface area contributed by atoms with Crippen LogP contribution in [0.3, 0.4) is 0 Å². The monoisotopic (exact) mass is 281 g/mol. The van der Waals surface area contributed by atoms with E-state index in [1.54, 1.807) is 7.11 Å². The molecule has 0 saturated carbocycles. The molecule has 0 radical (unpaired) electrons. The number of hydrogen-bond acceptors (Lipinski definition) is 2. The Balaban J connectivity index is 2.75. The van der Waals surface area contributed by atoms with Gasteiger partial charge in [0.1, 0.15) is 5.82 Å². The molecule has 1 aromatic rings. The third-order valence-corrected chi connectivity index (χ3v) is 3.71. The SMILES string of the molecule is COC(C)(C)CC(C)NC(c1ccc(F)cc1)C(C)C. The molecule has 3 heteroatoms. The molecule has 114 valence electrons. The normalized spacial score (nSPS) is 15.4. The summed E-state index contributed by atoms with van der Waals surface area (Å²) in [5, 5.41) is 3.64. The zero-order valence-electron chi connectivity index (χ0n) is 13.5. The zero-order chi connectivity index (χ0) is 15.3. The minimum atomic E-state index is -0.190. The van der Waals surface area contributed by atoms with Crippen molar-refractivity contribution in [3.05, 3.63) is 35.6 Å². The van der Waals surface area contributed by atoms with Crippen molar-refractivity contribution in [2.45, 2.75) is 58.7 Å². The van der Waals surface area contributed by atoms with Gasteiger partial charge in [-0.1, -0.05) is 26.0 Å². The highest BCUT2D eigenvalue weighted by Gasteiger charge is 2.24. The molecule has 0 heterocycles. The van der Waals surface area contributed by atoms with E-state index in [0.29, 0.717) is 12.0 Å². The molecular formula is C17H28FNO. The van der Waals surface area contributed by atoms with Crippen LogP contribution in [-0.2, 0) is 4.74 Å². The summed E-state index contributed by atoms with van der Waals surface area (Å²) in [6.07, 6.45) is 0.925. The van der Waals surface area contributed by atoms with Gasteiger partial charge in [0.15, 0.2) is 0 Å². The molecule has 0 spiro atoms. The molecule has 0 amide bonds. The second kappa shape index (κ2) is 7.19. The van der Waals surface area contributed by atoms with Crippen LogP contribution in [0.5, 0.6) is 0 Å². The summed E-state index contributed by atoms with van der Waals surface area (Å²) < 4.78 is 18.5. The molecule has 1 rings (SSSR count). The van der Waals surface area contributed by atoms with Crippen LogP contribution in [0.2, 0.25) is 0 Å². The van der Waals surface area contributed by atoms with Crippen LogP contribution in [0.25, 0.3) is 0 Å². The Bertz CT molecular complexity index is 400. The van der Waals surface area contributed by atoms with E-state index in [1.165, 1.54) is 12.1 Å². The van der Waals surface area contributed by atoms with E-state index in [1.807, 2.05) is 12.1 Å². The highest BCUT2D eigenvalue weighted by Crippen LogP contribution is 2.24. The lowest BCUT2D eigenvalue weighted by molar-refractivity contribution is 0.00713. The van der Waals surface area contributed by atoms with E-state index in [2.05, 4.69) is 39.9 Å². The molecule has 0 aliphatic carbocycles. The van der Waals surface area contributed by atoms with Crippen molar-refractivity contribution in [1.82, 2.24) is 5.32 Å². The minimum absolute atomic E-state index is 0.142. The summed E-state index contributed by atoms with van der Waals surface area (Å²) >= 11 is 0. The predicted octanol–water partition coefficient (Wildman–Crippen LogP) is 4.32. The van der Waals surface area contributed by atoms with Crippen LogP contribution < -0.4 is 5.32 Å². The first-order valence-corrected chi connectivity index (χ1v) is 7.32. The van der Waals surface area contributed by atoms with E-state index in [-0.39, 0.29) is 17.5 Å². The maximum absolute atomic E-state index is 13.0. The van der Waals surface area contributed by atoms with Crippen molar-refractivity contribution in [1.29, 1.82) is 0 Å². The van der Waals surface area contributed by atoms with Gasteiger partial charge < -0.3 is 10.1 Å². The minimum Gasteiger partial charge on any atom is -0.379 e. The van der Waals surface area contributed by atoms with Crippen molar-refractivity contribution >= 4 is 0 Å². The molecule has 2 nitrogen and oxygen atoms in total. The van der Waals surface area contributed by atoms with Crippen molar-refractivity contribution in [3.63, 3.8) is 0 Å². The van der Waals surface area contributed by atoms with E-state index < -0.39 is 0 Å². The smallest absolute Gasteiger partial charge is 0.123 e. The molecule has 20 heavy (non-hydrogen) atoms. The van der Waals surface area contributed by atoms with Crippen LogP contribution >= 0.6 is 0 Å². The lowest BCUT2D eigenvalue weighted by Crippen LogP contribution is -2.39. The molecular weight excluding hydrogens is 253 g/mol. The second-order valence-corrected chi connectivity index (χ2v) is 6.51. The quantitative estimate of drug-likeness (QED) is 0.804. The van der Waals surface area contributed by atoms with Crippen molar-refractivity contribution in [3.8, 4) is 0 Å². The third kappa shape index (κ3) is 5.22. The van der Waals surface area contributed by atoms with Crippen molar-refractivity contribution in [2.24, 2.45) is 5.92 Å². The Morgan fingerprint density at radius 1 is 1.15 bits per heavy atom. The van der Waals surface area contributed by atoms with Gasteiger partial charge in [0.05, 0.1) is 5.60 Å². The number of methoxy groups -OCH3 is 1. The predicted molar refractivity (Wildman–Crippen MR) is 82.3 cm³/mol. The molecule has 1 aromatic carbocycles. The molecule has 0 bridgehead atoms. The number of halogens is 1. The second-order valence-electron chi connectivity index (χ2n) is 6.51. The number of hydrogen-bond donors (Lipinski definition) is 1. The Morgan fingerprint density at radius 2 is 1.70 bits per heavy atom.